The van der Waals surface area contributed by atoms with Gasteiger partial charge in [0, 0.05) is 17.9 Å². The van der Waals surface area contributed by atoms with Gasteiger partial charge in [-0.05, 0) is 17.9 Å². The lowest BCUT2D eigenvalue weighted by Gasteiger charge is -2.35. The van der Waals surface area contributed by atoms with E-state index in [-0.39, 0.29) is 23.8 Å². The SMILES string of the molecule is N[C@@H]1[C@H]2C[C@H]([C@H](O)[C@@H]2O)[C@H]1c1ccccc1. The predicted molar refractivity (Wildman–Crippen MR) is 60.8 cm³/mol. The minimum atomic E-state index is -0.625. The van der Waals surface area contributed by atoms with E-state index in [1.165, 1.54) is 5.56 Å². The second kappa shape index (κ2) is 3.55. The molecule has 0 amide bonds. The molecule has 4 N–H and O–H groups in total. The molecular weight excluding hydrogens is 202 g/mol. The van der Waals surface area contributed by atoms with Gasteiger partial charge in [0.05, 0.1) is 12.2 Å². The average molecular weight is 219 g/mol. The Hall–Kier alpha value is -0.900. The van der Waals surface area contributed by atoms with E-state index in [1.807, 2.05) is 18.2 Å². The van der Waals surface area contributed by atoms with Crippen LogP contribution in [0.3, 0.4) is 0 Å². The van der Waals surface area contributed by atoms with E-state index in [0.29, 0.717) is 0 Å². The Morgan fingerprint density at radius 3 is 2.25 bits per heavy atom. The smallest absolute Gasteiger partial charge is 0.0845 e. The highest BCUT2D eigenvalue weighted by molar-refractivity contribution is 5.28. The molecular formula is C13H17NO2. The van der Waals surface area contributed by atoms with Gasteiger partial charge in [0.2, 0.25) is 0 Å². The normalized spacial score (nSPS) is 46.2. The first kappa shape index (κ1) is 10.3. The van der Waals surface area contributed by atoms with Gasteiger partial charge >= 0.3 is 0 Å². The molecule has 0 unspecified atom stereocenters. The summed E-state index contributed by atoms with van der Waals surface area (Å²) in [7, 11) is 0. The maximum atomic E-state index is 9.93. The minimum absolute atomic E-state index is 0.0224. The Morgan fingerprint density at radius 2 is 1.62 bits per heavy atom. The molecule has 3 heteroatoms. The summed E-state index contributed by atoms with van der Waals surface area (Å²) >= 11 is 0. The molecule has 0 heterocycles. The van der Waals surface area contributed by atoms with Crippen LogP contribution in [-0.4, -0.2) is 28.5 Å². The first-order chi connectivity index (χ1) is 7.70. The molecule has 2 aliphatic rings. The fourth-order valence-corrected chi connectivity index (χ4v) is 3.54. The van der Waals surface area contributed by atoms with Crippen molar-refractivity contribution in [1.29, 1.82) is 0 Å². The Morgan fingerprint density at radius 1 is 1.00 bits per heavy atom. The third-order valence-electron chi connectivity index (χ3n) is 4.33. The zero-order valence-corrected chi connectivity index (χ0v) is 9.03. The quantitative estimate of drug-likeness (QED) is 0.643. The number of hydrogen-bond donors (Lipinski definition) is 3. The van der Waals surface area contributed by atoms with Crippen LogP contribution in [0.4, 0.5) is 0 Å². The summed E-state index contributed by atoms with van der Waals surface area (Å²) in [5.74, 6) is 0.382. The van der Waals surface area contributed by atoms with Crippen molar-refractivity contribution in [3.05, 3.63) is 35.9 Å². The van der Waals surface area contributed by atoms with Crippen LogP contribution in [0.15, 0.2) is 30.3 Å². The molecule has 2 bridgehead atoms. The van der Waals surface area contributed by atoms with Crippen LogP contribution in [0.1, 0.15) is 17.9 Å². The topological polar surface area (TPSA) is 66.5 Å². The van der Waals surface area contributed by atoms with Gasteiger partial charge in [0.25, 0.3) is 0 Å². The molecule has 1 aromatic rings. The number of benzene rings is 1. The van der Waals surface area contributed by atoms with Gasteiger partial charge in [-0.2, -0.15) is 0 Å². The van der Waals surface area contributed by atoms with Crippen LogP contribution in [0.2, 0.25) is 0 Å². The molecule has 0 aliphatic heterocycles. The summed E-state index contributed by atoms with van der Waals surface area (Å²) in [5.41, 5.74) is 7.37. The Balaban J connectivity index is 1.94. The molecule has 0 spiro atoms. The molecule has 3 rings (SSSR count). The van der Waals surface area contributed by atoms with Crippen LogP contribution in [-0.2, 0) is 0 Å². The van der Waals surface area contributed by atoms with Crippen LogP contribution in [0.5, 0.6) is 0 Å². The van der Waals surface area contributed by atoms with Crippen molar-refractivity contribution in [3.63, 3.8) is 0 Å². The van der Waals surface area contributed by atoms with E-state index < -0.39 is 12.2 Å². The minimum Gasteiger partial charge on any atom is -0.390 e. The van der Waals surface area contributed by atoms with E-state index in [4.69, 9.17) is 5.73 Å². The number of rotatable bonds is 1. The average Bonchev–Trinajstić information content (AvgIpc) is 2.78. The van der Waals surface area contributed by atoms with Crippen molar-refractivity contribution >= 4 is 0 Å². The summed E-state index contributed by atoms with van der Waals surface area (Å²) in [5, 5.41) is 19.7. The molecule has 0 radical (unpaired) electrons. The van der Waals surface area contributed by atoms with Crippen molar-refractivity contribution < 1.29 is 10.2 Å². The molecule has 6 atom stereocenters. The molecule has 3 nitrogen and oxygen atoms in total. The van der Waals surface area contributed by atoms with E-state index in [1.54, 1.807) is 0 Å². The molecule has 1 aromatic carbocycles. The van der Waals surface area contributed by atoms with Crippen molar-refractivity contribution in [2.24, 2.45) is 17.6 Å². The first-order valence-corrected chi connectivity index (χ1v) is 5.87. The standard InChI is InChI=1S/C13H17NO2/c14-11-9-6-8(12(15)13(9)16)10(11)7-4-2-1-3-5-7/h1-5,8-13,15-16H,6,14H2/t8-,9+,10+,11+,12-,13+/m0/s1. The number of aliphatic hydroxyl groups is 2. The van der Waals surface area contributed by atoms with Gasteiger partial charge in [-0.3, -0.25) is 0 Å². The van der Waals surface area contributed by atoms with Crippen molar-refractivity contribution in [1.82, 2.24) is 0 Å². The second-order valence-electron chi connectivity index (χ2n) is 5.06. The Labute approximate surface area is 94.9 Å². The zero-order valence-electron chi connectivity index (χ0n) is 9.03. The van der Waals surface area contributed by atoms with Crippen molar-refractivity contribution in [2.45, 2.75) is 30.6 Å². The molecule has 2 fully saturated rings. The summed E-state index contributed by atoms with van der Waals surface area (Å²) < 4.78 is 0. The van der Waals surface area contributed by atoms with Crippen LogP contribution in [0.25, 0.3) is 0 Å². The predicted octanol–water partition coefficient (Wildman–Crippen LogP) is 0.469. The van der Waals surface area contributed by atoms with E-state index >= 15 is 0 Å². The third kappa shape index (κ3) is 1.25. The highest BCUT2D eigenvalue weighted by atomic mass is 16.3. The lowest BCUT2D eigenvalue weighted by Crippen LogP contribution is -2.47. The number of hydrogen-bond acceptors (Lipinski definition) is 3. The Kier molecular flexibility index (Phi) is 2.28. The van der Waals surface area contributed by atoms with Gasteiger partial charge in [0.1, 0.15) is 0 Å². The molecule has 0 saturated heterocycles. The van der Waals surface area contributed by atoms with Crippen molar-refractivity contribution in [2.75, 3.05) is 0 Å². The van der Waals surface area contributed by atoms with Crippen LogP contribution in [0, 0.1) is 11.8 Å². The van der Waals surface area contributed by atoms with Gasteiger partial charge in [-0.25, -0.2) is 0 Å². The molecule has 16 heavy (non-hydrogen) atoms. The summed E-state index contributed by atoms with van der Waals surface area (Å²) in [6.07, 6.45) is -0.377. The fraction of sp³-hybridized carbons (Fsp3) is 0.538. The van der Waals surface area contributed by atoms with Crippen LogP contribution < -0.4 is 5.73 Å². The molecule has 0 aromatic heterocycles. The van der Waals surface area contributed by atoms with Gasteiger partial charge in [0.15, 0.2) is 0 Å². The first-order valence-electron chi connectivity index (χ1n) is 5.87. The van der Waals surface area contributed by atoms with Gasteiger partial charge in [-0.15, -0.1) is 0 Å². The lowest BCUT2D eigenvalue weighted by atomic mass is 9.77. The number of aliphatic hydroxyl groups excluding tert-OH is 2. The maximum Gasteiger partial charge on any atom is 0.0845 e. The number of fused-ring (bicyclic) bond motifs is 2. The van der Waals surface area contributed by atoms with Gasteiger partial charge in [-0.1, -0.05) is 30.3 Å². The summed E-state index contributed by atoms with van der Waals surface area (Å²) in [6, 6.07) is 10.1. The van der Waals surface area contributed by atoms with E-state index in [2.05, 4.69) is 12.1 Å². The Bertz CT molecular complexity index is 381. The summed E-state index contributed by atoms with van der Waals surface area (Å²) in [6.45, 7) is 0. The van der Waals surface area contributed by atoms with Crippen molar-refractivity contribution in [3.8, 4) is 0 Å². The maximum absolute atomic E-state index is 9.93. The highest BCUT2D eigenvalue weighted by Gasteiger charge is 2.56. The molecule has 2 aliphatic carbocycles. The molecule has 86 valence electrons. The van der Waals surface area contributed by atoms with E-state index in [9.17, 15) is 10.2 Å². The van der Waals surface area contributed by atoms with Gasteiger partial charge < -0.3 is 15.9 Å². The monoisotopic (exact) mass is 219 g/mol. The summed E-state index contributed by atoms with van der Waals surface area (Å²) in [4.78, 5) is 0. The highest BCUT2D eigenvalue weighted by Crippen LogP contribution is 2.52. The molecule has 2 saturated carbocycles. The third-order valence-corrected chi connectivity index (χ3v) is 4.33. The zero-order chi connectivity index (χ0) is 11.3. The second-order valence-corrected chi connectivity index (χ2v) is 5.06. The van der Waals surface area contributed by atoms with E-state index in [0.717, 1.165) is 6.42 Å². The lowest BCUT2D eigenvalue weighted by molar-refractivity contribution is -0.0288. The largest absolute Gasteiger partial charge is 0.390 e. The fourth-order valence-electron chi connectivity index (χ4n) is 3.54. The number of nitrogens with two attached hydrogens (primary N) is 1. The van der Waals surface area contributed by atoms with Crippen LogP contribution >= 0.6 is 0 Å².